The Balaban J connectivity index is 2.22. The van der Waals surface area contributed by atoms with Crippen molar-refractivity contribution in [3.05, 3.63) is 29.6 Å². The zero-order chi connectivity index (χ0) is 18.3. The number of ether oxygens (including phenoxy) is 1. The molecule has 2 atom stereocenters. The third kappa shape index (κ3) is 3.00. The molecular formula is C16H20F4N2O2. The Bertz CT molecular complexity index is 645. The molecule has 0 heterocycles. The van der Waals surface area contributed by atoms with Gasteiger partial charge in [-0.05, 0) is 25.1 Å². The lowest BCUT2D eigenvalue weighted by molar-refractivity contribution is -0.166. The minimum atomic E-state index is -4.64. The van der Waals surface area contributed by atoms with Crippen LogP contribution in [0.2, 0.25) is 0 Å². The molecule has 8 heteroatoms. The molecule has 1 aromatic rings. The highest BCUT2D eigenvalue weighted by molar-refractivity contribution is 6.00. The molecule has 24 heavy (non-hydrogen) atoms. The van der Waals surface area contributed by atoms with Gasteiger partial charge in [-0.1, -0.05) is 13.8 Å². The molecule has 1 saturated carbocycles. The molecule has 2 rings (SSSR count). The zero-order valence-electron chi connectivity index (χ0n) is 13.6. The van der Waals surface area contributed by atoms with E-state index in [0.29, 0.717) is 24.8 Å². The third-order valence-corrected chi connectivity index (χ3v) is 4.78. The Morgan fingerprint density at radius 3 is 2.54 bits per heavy atom. The highest BCUT2D eigenvalue weighted by Gasteiger charge is 2.62. The van der Waals surface area contributed by atoms with Crippen molar-refractivity contribution < 1.29 is 27.1 Å². The van der Waals surface area contributed by atoms with Gasteiger partial charge in [0.2, 0.25) is 5.91 Å². The maximum atomic E-state index is 13.8. The van der Waals surface area contributed by atoms with Crippen LogP contribution in [0.25, 0.3) is 0 Å². The Labute approximate surface area is 137 Å². The summed E-state index contributed by atoms with van der Waals surface area (Å²) in [7, 11) is 0. The van der Waals surface area contributed by atoms with Gasteiger partial charge in [0.1, 0.15) is 11.4 Å². The summed E-state index contributed by atoms with van der Waals surface area (Å²) in [5.41, 5.74) is 2.45. The third-order valence-electron chi connectivity index (χ3n) is 4.78. The van der Waals surface area contributed by atoms with E-state index in [4.69, 9.17) is 10.5 Å². The fourth-order valence-electron chi connectivity index (χ4n) is 2.85. The molecule has 2 unspecified atom stereocenters. The van der Waals surface area contributed by atoms with Crippen LogP contribution in [0, 0.1) is 11.2 Å². The van der Waals surface area contributed by atoms with Crippen molar-refractivity contribution >= 4 is 11.6 Å². The van der Waals surface area contributed by atoms with Crippen LogP contribution in [0.4, 0.5) is 23.2 Å². The number of alkyl halides is 3. The van der Waals surface area contributed by atoms with Gasteiger partial charge in [-0.25, -0.2) is 4.39 Å². The number of amides is 1. The summed E-state index contributed by atoms with van der Waals surface area (Å²) < 4.78 is 57.5. The smallest absolute Gasteiger partial charge is 0.378 e. The standard InChI is InChI=1S/C16H20F4N2O2/c1-4-24-12-8-15(21,14(12,2)3)13(23)22-11-7-9(16(18,19)20)5-6-10(11)17/h5-7,12H,4,8,21H2,1-3H3,(H,22,23). The van der Waals surface area contributed by atoms with Gasteiger partial charge < -0.3 is 15.8 Å². The number of rotatable bonds is 4. The van der Waals surface area contributed by atoms with E-state index in [1.54, 1.807) is 13.8 Å². The predicted octanol–water partition coefficient (Wildman–Crippen LogP) is 3.32. The quantitative estimate of drug-likeness (QED) is 0.821. The van der Waals surface area contributed by atoms with Gasteiger partial charge in [0, 0.05) is 18.4 Å². The number of hydrogen-bond donors (Lipinski definition) is 2. The molecule has 1 aromatic carbocycles. The van der Waals surface area contributed by atoms with Gasteiger partial charge >= 0.3 is 6.18 Å². The van der Waals surface area contributed by atoms with Crippen molar-refractivity contribution in [3.8, 4) is 0 Å². The molecule has 1 aliphatic carbocycles. The molecule has 134 valence electrons. The molecule has 0 aromatic heterocycles. The van der Waals surface area contributed by atoms with Crippen LogP contribution in [0.3, 0.4) is 0 Å². The number of halogens is 4. The lowest BCUT2D eigenvalue weighted by Gasteiger charge is -2.57. The van der Waals surface area contributed by atoms with E-state index in [1.165, 1.54) is 0 Å². The maximum absolute atomic E-state index is 13.8. The van der Waals surface area contributed by atoms with E-state index in [2.05, 4.69) is 5.32 Å². The molecule has 1 aliphatic rings. The molecule has 1 amide bonds. The molecule has 0 aliphatic heterocycles. The first-order chi connectivity index (χ1) is 10.9. The average Bonchev–Trinajstić information content (AvgIpc) is 2.47. The molecule has 0 saturated heterocycles. The maximum Gasteiger partial charge on any atom is 0.416 e. The second-order valence-corrected chi connectivity index (χ2v) is 6.49. The summed E-state index contributed by atoms with van der Waals surface area (Å²) in [4.78, 5) is 12.5. The van der Waals surface area contributed by atoms with Crippen LogP contribution in [0.15, 0.2) is 18.2 Å². The van der Waals surface area contributed by atoms with Crippen LogP contribution >= 0.6 is 0 Å². The minimum Gasteiger partial charge on any atom is -0.378 e. The first-order valence-corrected chi connectivity index (χ1v) is 7.52. The van der Waals surface area contributed by atoms with Gasteiger partial charge in [-0.2, -0.15) is 13.2 Å². The minimum absolute atomic E-state index is 0.209. The number of nitrogens with two attached hydrogens (primary N) is 1. The topological polar surface area (TPSA) is 64.3 Å². The van der Waals surface area contributed by atoms with E-state index in [0.717, 1.165) is 0 Å². The summed E-state index contributed by atoms with van der Waals surface area (Å²) in [6.07, 6.45) is -4.67. The van der Waals surface area contributed by atoms with Gasteiger partial charge in [0.05, 0.1) is 17.4 Å². The molecular weight excluding hydrogens is 328 g/mol. The molecule has 0 spiro atoms. The first-order valence-electron chi connectivity index (χ1n) is 7.52. The second-order valence-electron chi connectivity index (χ2n) is 6.49. The monoisotopic (exact) mass is 348 g/mol. The van der Waals surface area contributed by atoms with Crippen LogP contribution in [0.5, 0.6) is 0 Å². The van der Waals surface area contributed by atoms with E-state index in [1.807, 2.05) is 6.92 Å². The van der Waals surface area contributed by atoms with Crippen molar-refractivity contribution in [3.63, 3.8) is 0 Å². The Morgan fingerprint density at radius 1 is 1.42 bits per heavy atom. The molecule has 3 N–H and O–H groups in total. The van der Waals surface area contributed by atoms with Crippen molar-refractivity contribution in [2.75, 3.05) is 11.9 Å². The number of hydrogen-bond acceptors (Lipinski definition) is 3. The number of carbonyl (C=O) groups excluding carboxylic acids is 1. The highest BCUT2D eigenvalue weighted by Crippen LogP contribution is 2.50. The summed E-state index contributed by atoms with van der Waals surface area (Å²) in [6, 6.07) is 1.83. The molecule has 1 fully saturated rings. The summed E-state index contributed by atoms with van der Waals surface area (Å²) >= 11 is 0. The Morgan fingerprint density at radius 2 is 2.04 bits per heavy atom. The summed E-state index contributed by atoms with van der Waals surface area (Å²) in [5.74, 6) is -1.69. The van der Waals surface area contributed by atoms with Crippen LogP contribution in [-0.2, 0) is 15.7 Å². The predicted molar refractivity (Wildman–Crippen MR) is 80.8 cm³/mol. The molecule has 0 bridgehead atoms. The SMILES string of the molecule is CCOC1CC(N)(C(=O)Nc2cc(C(F)(F)F)ccc2F)C1(C)C. The number of benzene rings is 1. The average molecular weight is 348 g/mol. The van der Waals surface area contributed by atoms with Crippen LogP contribution in [0.1, 0.15) is 32.8 Å². The van der Waals surface area contributed by atoms with Gasteiger partial charge in [0.15, 0.2) is 0 Å². The molecule has 0 radical (unpaired) electrons. The Kier molecular flexibility index (Phi) is 4.67. The Hall–Kier alpha value is -1.67. The van der Waals surface area contributed by atoms with Gasteiger partial charge in [-0.3, -0.25) is 4.79 Å². The summed E-state index contributed by atoms with van der Waals surface area (Å²) in [6.45, 7) is 5.73. The van der Waals surface area contributed by atoms with Crippen LogP contribution in [-0.4, -0.2) is 24.2 Å². The van der Waals surface area contributed by atoms with Crippen molar-refractivity contribution in [1.82, 2.24) is 0 Å². The number of anilines is 1. The van der Waals surface area contributed by atoms with Crippen molar-refractivity contribution in [2.45, 2.75) is 45.0 Å². The molecule has 4 nitrogen and oxygen atoms in total. The van der Waals surface area contributed by atoms with Gasteiger partial charge in [-0.15, -0.1) is 0 Å². The van der Waals surface area contributed by atoms with Crippen molar-refractivity contribution in [2.24, 2.45) is 11.1 Å². The fraction of sp³-hybridized carbons (Fsp3) is 0.562. The van der Waals surface area contributed by atoms with Gasteiger partial charge in [0.25, 0.3) is 0 Å². The van der Waals surface area contributed by atoms with E-state index in [9.17, 15) is 22.4 Å². The number of nitrogens with one attached hydrogen (secondary N) is 1. The zero-order valence-corrected chi connectivity index (χ0v) is 13.6. The lowest BCUT2D eigenvalue weighted by Crippen LogP contribution is -2.74. The normalized spacial score (nSPS) is 25.9. The number of carbonyl (C=O) groups is 1. The van der Waals surface area contributed by atoms with Crippen molar-refractivity contribution in [1.29, 1.82) is 0 Å². The fourth-order valence-corrected chi connectivity index (χ4v) is 2.85. The largest absolute Gasteiger partial charge is 0.416 e. The lowest BCUT2D eigenvalue weighted by atomic mass is 9.54. The highest BCUT2D eigenvalue weighted by atomic mass is 19.4. The van der Waals surface area contributed by atoms with E-state index in [-0.39, 0.29) is 12.5 Å². The van der Waals surface area contributed by atoms with E-state index >= 15 is 0 Å². The van der Waals surface area contributed by atoms with Crippen LogP contribution < -0.4 is 11.1 Å². The summed E-state index contributed by atoms with van der Waals surface area (Å²) in [5, 5.41) is 2.19. The first kappa shape index (κ1) is 18.7. The second kappa shape index (κ2) is 6.00. The van der Waals surface area contributed by atoms with E-state index < -0.39 is 40.1 Å².